The van der Waals surface area contributed by atoms with Crippen LogP contribution in [0.15, 0.2) is 135 Å². The highest BCUT2D eigenvalue weighted by Gasteiger charge is 2.18. The summed E-state index contributed by atoms with van der Waals surface area (Å²) >= 11 is 22.9. The zero-order chi connectivity index (χ0) is 39.8. The summed E-state index contributed by atoms with van der Waals surface area (Å²) in [5, 5.41) is 29.4. The molecule has 4 rings (SSSR count). The lowest BCUT2D eigenvalue weighted by Crippen LogP contribution is -2.11. The van der Waals surface area contributed by atoms with E-state index in [1.54, 1.807) is 78.9 Å². The van der Waals surface area contributed by atoms with E-state index >= 15 is 0 Å². The average molecular weight is 797 g/mol. The van der Waals surface area contributed by atoms with Gasteiger partial charge in [-0.2, -0.15) is 5.26 Å². The number of benzene rings is 4. The number of allylic oxidation sites excluding steroid dienone is 3. The number of hydrogen-bond acceptors (Lipinski definition) is 4. The number of carboxylic acid groups (broad SMARTS) is 2. The number of nitriles is 1. The Kier molecular flexibility index (Phi) is 23.3. The summed E-state index contributed by atoms with van der Waals surface area (Å²) < 4.78 is 0. The predicted molar refractivity (Wildman–Crippen MR) is 221 cm³/mol. The van der Waals surface area contributed by atoms with Crippen LogP contribution in [0.1, 0.15) is 78.5 Å². The molecule has 6 nitrogen and oxygen atoms in total. The molecule has 280 valence electrons. The minimum atomic E-state index is -0.841. The summed E-state index contributed by atoms with van der Waals surface area (Å²) in [5.74, 6) is -2.36. The van der Waals surface area contributed by atoms with E-state index in [0.29, 0.717) is 46.8 Å². The van der Waals surface area contributed by atoms with E-state index < -0.39 is 23.8 Å². The quantitative estimate of drug-likeness (QED) is 0.109. The van der Waals surface area contributed by atoms with Gasteiger partial charge in [0.2, 0.25) is 0 Å². The summed E-state index contributed by atoms with van der Waals surface area (Å²) in [5.41, 5.74) is 9.40. The molecule has 0 fully saturated rings. The van der Waals surface area contributed by atoms with E-state index in [4.69, 9.17) is 67.6 Å². The third-order valence-electron chi connectivity index (χ3n) is 7.89. The molecule has 0 saturated carbocycles. The molecule has 0 amide bonds. The maximum absolute atomic E-state index is 10.9. The van der Waals surface area contributed by atoms with Crippen LogP contribution in [0.3, 0.4) is 0 Å². The van der Waals surface area contributed by atoms with Gasteiger partial charge in [0.15, 0.2) is 0 Å². The number of nitrogens with zero attached hydrogens (tertiary/aromatic N) is 1. The Bertz CT molecular complexity index is 1660. The number of carboxylic acids is 2. The highest BCUT2D eigenvalue weighted by molar-refractivity contribution is 6.31. The van der Waals surface area contributed by atoms with Gasteiger partial charge in [-0.25, -0.2) is 0 Å². The van der Waals surface area contributed by atoms with Crippen molar-refractivity contribution in [2.24, 2.45) is 5.73 Å². The molecular weight excluding hydrogens is 750 g/mol. The Labute approximate surface area is 333 Å². The first-order valence-corrected chi connectivity index (χ1v) is 18.3. The van der Waals surface area contributed by atoms with Crippen LogP contribution >= 0.6 is 46.4 Å². The van der Waals surface area contributed by atoms with Gasteiger partial charge in [-0.3, -0.25) is 9.59 Å². The second-order valence-electron chi connectivity index (χ2n) is 11.6. The number of carbonyl (C=O) groups is 2. The molecule has 4 N–H and O–H groups in total. The highest BCUT2D eigenvalue weighted by atomic mass is 35.5. The molecule has 4 atom stereocenters. The molecule has 0 aliphatic carbocycles. The molecule has 10 heteroatoms. The standard InChI is InChI=1S/C11H10ClN.2C11H11ClO2.C10H14ClN/c1-2-3-10(8-13)9-4-6-11(12)7-5-9;2*1-2-3-10(11(13)14)8-4-6-9(12)7-5-8;1-2-8(7-12)9-3-5-10(11)6-4-9/h2,4-7,10H,1,3H2;2*2,4-7,10H,1,3H2,(H,13,14);3-6,8H,2,7,12H2,1H3/t;2*10-;8-/m.100/s1. The number of hydrogen-bond donors (Lipinski definition) is 3. The first-order valence-electron chi connectivity index (χ1n) is 16.7. The van der Waals surface area contributed by atoms with Crippen molar-refractivity contribution in [3.63, 3.8) is 0 Å². The Balaban J connectivity index is 0.000000354. The van der Waals surface area contributed by atoms with E-state index in [9.17, 15) is 9.59 Å². The normalized spacial score (nSPS) is 12.2. The molecule has 0 spiro atoms. The third-order valence-corrected chi connectivity index (χ3v) is 8.90. The summed E-state index contributed by atoms with van der Waals surface area (Å²) in [7, 11) is 0. The van der Waals surface area contributed by atoms with Crippen molar-refractivity contribution in [3.05, 3.63) is 177 Å². The SMILES string of the molecule is C=CCC(C#N)c1ccc(Cl)cc1.C=CC[C@@H](C(=O)O)c1ccc(Cl)cc1.C=CC[C@H](C(=O)O)c1ccc(Cl)cc1.CC[C@@H](CN)c1ccc(Cl)cc1. The Morgan fingerprint density at radius 3 is 1.17 bits per heavy atom. The van der Waals surface area contributed by atoms with E-state index in [1.165, 1.54) is 5.56 Å². The summed E-state index contributed by atoms with van der Waals surface area (Å²) in [6.07, 6.45) is 7.58. The molecule has 0 heterocycles. The first kappa shape index (κ1) is 46.7. The van der Waals surface area contributed by atoms with Gasteiger partial charge in [-0.15, -0.1) is 19.7 Å². The first-order chi connectivity index (χ1) is 25.3. The van der Waals surface area contributed by atoms with Crippen LogP contribution < -0.4 is 5.73 Å². The number of rotatable bonds is 14. The Morgan fingerprint density at radius 1 is 0.623 bits per heavy atom. The number of nitrogens with two attached hydrogens (primary N) is 1. The summed E-state index contributed by atoms with van der Waals surface area (Å²) in [4.78, 5) is 21.8. The number of aliphatic carboxylic acids is 2. The molecule has 0 aliphatic heterocycles. The molecule has 0 aromatic heterocycles. The fourth-order valence-corrected chi connectivity index (χ4v) is 5.38. The van der Waals surface area contributed by atoms with Gasteiger partial charge in [0.1, 0.15) is 0 Å². The van der Waals surface area contributed by atoms with E-state index in [1.807, 2.05) is 36.4 Å². The highest BCUT2D eigenvalue weighted by Crippen LogP contribution is 2.24. The smallest absolute Gasteiger partial charge is 0.311 e. The molecule has 0 bridgehead atoms. The predicted octanol–water partition coefficient (Wildman–Crippen LogP) is 12.5. The van der Waals surface area contributed by atoms with Crippen LogP contribution in [-0.4, -0.2) is 28.7 Å². The van der Waals surface area contributed by atoms with Crippen molar-refractivity contribution in [1.82, 2.24) is 0 Å². The molecule has 1 unspecified atom stereocenters. The number of halogens is 4. The maximum atomic E-state index is 10.9. The van der Waals surface area contributed by atoms with Gasteiger partial charge >= 0.3 is 11.9 Å². The Morgan fingerprint density at radius 2 is 0.925 bits per heavy atom. The lowest BCUT2D eigenvalue weighted by Gasteiger charge is -2.11. The van der Waals surface area contributed by atoms with Gasteiger partial charge in [-0.05, 0) is 109 Å². The van der Waals surface area contributed by atoms with Crippen LogP contribution in [0.5, 0.6) is 0 Å². The molecule has 0 aliphatic rings. The summed E-state index contributed by atoms with van der Waals surface area (Å²) in [6, 6.07) is 31.1. The van der Waals surface area contributed by atoms with Gasteiger partial charge in [0.25, 0.3) is 0 Å². The molecule has 4 aromatic rings. The van der Waals surface area contributed by atoms with Crippen LogP contribution in [0.2, 0.25) is 20.1 Å². The Hall–Kier alpha value is -4.35. The van der Waals surface area contributed by atoms with Gasteiger partial charge < -0.3 is 15.9 Å². The molecule has 0 radical (unpaired) electrons. The van der Waals surface area contributed by atoms with Gasteiger partial charge in [-0.1, -0.05) is 120 Å². The second kappa shape index (κ2) is 26.4. The average Bonchev–Trinajstić information content (AvgIpc) is 3.15. The monoisotopic (exact) mass is 794 g/mol. The van der Waals surface area contributed by atoms with Crippen molar-refractivity contribution >= 4 is 58.3 Å². The molecule has 0 saturated heterocycles. The van der Waals surface area contributed by atoms with Gasteiger partial charge in [0, 0.05) is 20.1 Å². The summed E-state index contributed by atoms with van der Waals surface area (Å²) in [6.45, 7) is 13.5. The van der Waals surface area contributed by atoms with Crippen LogP contribution in [0, 0.1) is 11.3 Å². The minimum absolute atomic E-state index is 0.102. The largest absolute Gasteiger partial charge is 0.481 e. The molecule has 53 heavy (non-hydrogen) atoms. The minimum Gasteiger partial charge on any atom is -0.481 e. The fraction of sp³-hybridized carbons (Fsp3) is 0.233. The molecular formula is C43H46Cl4N2O4. The van der Waals surface area contributed by atoms with E-state index in [0.717, 1.165) is 28.1 Å². The zero-order valence-electron chi connectivity index (χ0n) is 29.7. The van der Waals surface area contributed by atoms with Crippen molar-refractivity contribution < 1.29 is 19.8 Å². The maximum Gasteiger partial charge on any atom is 0.311 e. The lowest BCUT2D eigenvalue weighted by atomic mass is 9.96. The second-order valence-corrected chi connectivity index (χ2v) is 13.3. The van der Waals surface area contributed by atoms with E-state index in [2.05, 4.69) is 32.7 Å². The van der Waals surface area contributed by atoms with E-state index in [-0.39, 0.29) is 5.92 Å². The lowest BCUT2D eigenvalue weighted by molar-refractivity contribution is -0.139. The van der Waals surface area contributed by atoms with Crippen LogP contribution in [0.4, 0.5) is 0 Å². The topological polar surface area (TPSA) is 124 Å². The van der Waals surface area contributed by atoms with Crippen molar-refractivity contribution in [2.45, 2.75) is 56.3 Å². The van der Waals surface area contributed by atoms with Crippen LogP contribution in [0.25, 0.3) is 0 Å². The fourth-order valence-electron chi connectivity index (χ4n) is 4.88. The van der Waals surface area contributed by atoms with Crippen molar-refractivity contribution in [3.8, 4) is 6.07 Å². The van der Waals surface area contributed by atoms with Crippen molar-refractivity contribution in [1.29, 1.82) is 5.26 Å². The molecule has 4 aromatic carbocycles. The van der Waals surface area contributed by atoms with Crippen molar-refractivity contribution in [2.75, 3.05) is 6.54 Å². The zero-order valence-corrected chi connectivity index (χ0v) is 32.7. The third kappa shape index (κ3) is 17.8. The van der Waals surface area contributed by atoms with Gasteiger partial charge in [0.05, 0.1) is 23.8 Å². The van der Waals surface area contributed by atoms with Crippen LogP contribution in [-0.2, 0) is 9.59 Å².